The molecular formula is C22H25N9O3. The van der Waals surface area contributed by atoms with Crippen LogP contribution in [0.5, 0.6) is 0 Å². The van der Waals surface area contributed by atoms with Crippen molar-refractivity contribution in [2.24, 2.45) is 5.92 Å². The Hall–Kier alpha value is -4.35. The number of amides is 3. The van der Waals surface area contributed by atoms with E-state index in [0.29, 0.717) is 49.7 Å². The van der Waals surface area contributed by atoms with Crippen LogP contribution in [0.4, 0.5) is 11.5 Å². The Labute approximate surface area is 195 Å². The maximum absolute atomic E-state index is 12.4. The summed E-state index contributed by atoms with van der Waals surface area (Å²) in [4.78, 5) is 50.4. The van der Waals surface area contributed by atoms with Gasteiger partial charge in [-0.15, -0.1) is 0 Å². The summed E-state index contributed by atoms with van der Waals surface area (Å²) in [6, 6.07) is 8.44. The number of hydrogen-bond donors (Lipinski definition) is 3. The minimum Gasteiger partial charge on any atom is -0.355 e. The average molecular weight is 464 g/mol. The van der Waals surface area contributed by atoms with Crippen LogP contribution in [0.15, 0.2) is 49.3 Å². The van der Waals surface area contributed by atoms with Gasteiger partial charge in [-0.2, -0.15) is 5.10 Å². The van der Waals surface area contributed by atoms with Crippen LogP contribution in [0.1, 0.15) is 23.7 Å². The van der Waals surface area contributed by atoms with Crippen molar-refractivity contribution in [3.8, 4) is 5.82 Å². The van der Waals surface area contributed by atoms with E-state index in [9.17, 15) is 14.4 Å². The van der Waals surface area contributed by atoms with Gasteiger partial charge in [0.25, 0.3) is 5.91 Å². The van der Waals surface area contributed by atoms with E-state index in [1.54, 1.807) is 48.3 Å². The summed E-state index contributed by atoms with van der Waals surface area (Å²) >= 11 is 0. The number of rotatable bonds is 9. The molecule has 1 aliphatic heterocycles. The quantitative estimate of drug-likeness (QED) is 0.386. The number of carbonyl (C=O) groups excluding carboxylic acids is 3. The highest BCUT2D eigenvalue weighted by molar-refractivity contribution is 5.95. The predicted octanol–water partition coefficient (Wildman–Crippen LogP) is 0.388. The summed E-state index contributed by atoms with van der Waals surface area (Å²) < 4.78 is 1.54. The standard InChI is InChI=1S/C22H25N9O3/c1-2-20(32)29-17-5-3-15(4-6-17)21(33)24-7-8-25-22(34)16-10-30(11-16)18-9-19(27-13-26-18)31-14-23-12-28-31/h3-6,9,12-14,16H,2,7-8,10-11H2,1H3,(H,24,33)(H,25,34)(H,29,32). The van der Waals surface area contributed by atoms with Gasteiger partial charge < -0.3 is 20.9 Å². The monoisotopic (exact) mass is 463 g/mol. The van der Waals surface area contributed by atoms with Gasteiger partial charge in [0.1, 0.15) is 24.8 Å². The molecule has 12 heteroatoms. The third kappa shape index (κ3) is 5.52. The van der Waals surface area contributed by atoms with Gasteiger partial charge in [0, 0.05) is 49.9 Å². The molecule has 0 radical (unpaired) electrons. The zero-order valence-electron chi connectivity index (χ0n) is 18.6. The average Bonchev–Trinajstić information content (AvgIpc) is 3.36. The predicted molar refractivity (Wildman–Crippen MR) is 123 cm³/mol. The fourth-order valence-corrected chi connectivity index (χ4v) is 3.36. The van der Waals surface area contributed by atoms with Crippen molar-refractivity contribution < 1.29 is 14.4 Å². The maximum Gasteiger partial charge on any atom is 0.251 e. The van der Waals surface area contributed by atoms with Crippen molar-refractivity contribution in [2.45, 2.75) is 13.3 Å². The zero-order valence-corrected chi connectivity index (χ0v) is 18.6. The Balaban J connectivity index is 1.16. The molecule has 0 spiro atoms. The molecule has 1 saturated heterocycles. The topological polar surface area (TPSA) is 147 Å². The van der Waals surface area contributed by atoms with Gasteiger partial charge in [0.2, 0.25) is 11.8 Å². The molecule has 176 valence electrons. The van der Waals surface area contributed by atoms with Crippen molar-refractivity contribution >= 4 is 29.2 Å². The Kier molecular flexibility index (Phi) is 7.06. The molecule has 1 aromatic carbocycles. The van der Waals surface area contributed by atoms with Gasteiger partial charge in [-0.25, -0.2) is 19.6 Å². The molecule has 2 aromatic heterocycles. The highest BCUT2D eigenvalue weighted by Gasteiger charge is 2.33. The molecule has 3 heterocycles. The lowest BCUT2D eigenvalue weighted by molar-refractivity contribution is -0.125. The Bertz CT molecular complexity index is 1140. The van der Waals surface area contributed by atoms with Crippen LogP contribution >= 0.6 is 0 Å². The number of nitrogens with one attached hydrogen (secondary N) is 3. The minimum absolute atomic E-state index is 0.0629. The second kappa shape index (κ2) is 10.5. The van der Waals surface area contributed by atoms with Gasteiger partial charge in [-0.3, -0.25) is 14.4 Å². The number of benzene rings is 1. The molecule has 34 heavy (non-hydrogen) atoms. The number of anilines is 2. The minimum atomic E-state index is -0.246. The number of nitrogens with zero attached hydrogens (tertiary/aromatic N) is 6. The van der Waals surface area contributed by atoms with Crippen LogP contribution in [-0.4, -0.2) is 68.6 Å². The van der Waals surface area contributed by atoms with Crippen molar-refractivity contribution in [3.05, 3.63) is 54.9 Å². The Morgan fingerprint density at radius 3 is 2.44 bits per heavy atom. The highest BCUT2D eigenvalue weighted by Crippen LogP contribution is 2.23. The first-order valence-corrected chi connectivity index (χ1v) is 10.9. The molecule has 1 fully saturated rings. The maximum atomic E-state index is 12.4. The lowest BCUT2D eigenvalue weighted by Gasteiger charge is -2.39. The lowest BCUT2D eigenvalue weighted by Crippen LogP contribution is -2.54. The van der Waals surface area contributed by atoms with Crippen LogP contribution in [0.2, 0.25) is 0 Å². The van der Waals surface area contributed by atoms with Crippen LogP contribution in [-0.2, 0) is 9.59 Å². The van der Waals surface area contributed by atoms with Gasteiger partial charge in [-0.05, 0) is 24.3 Å². The SMILES string of the molecule is CCC(=O)Nc1ccc(C(=O)NCCNC(=O)C2CN(c3cc(-n4cncn4)ncn3)C2)cc1. The van der Waals surface area contributed by atoms with E-state index < -0.39 is 0 Å². The Morgan fingerprint density at radius 1 is 1.00 bits per heavy atom. The highest BCUT2D eigenvalue weighted by atomic mass is 16.2. The van der Waals surface area contributed by atoms with Crippen molar-refractivity contribution in [3.63, 3.8) is 0 Å². The molecule has 3 N–H and O–H groups in total. The fraction of sp³-hybridized carbons (Fsp3) is 0.318. The van der Waals surface area contributed by atoms with Crippen LogP contribution in [0.25, 0.3) is 5.82 Å². The van der Waals surface area contributed by atoms with E-state index in [0.717, 1.165) is 5.82 Å². The summed E-state index contributed by atoms with van der Waals surface area (Å²) in [7, 11) is 0. The molecule has 3 aromatic rings. The second-order valence-corrected chi connectivity index (χ2v) is 7.70. The molecule has 0 aliphatic carbocycles. The fourth-order valence-electron chi connectivity index (χ4n) is 3.36. The molecule has 0 bridgehead atoms. The summed E-state index contributed by atoms with van der Waals surface area (Å²) in [5.41, 5.74) is 1.12. The molecular weight excluding hydrogens is 438 g/mol. The van der Waals surface area contributed by atoms with Crippen LogP contribution in [0.3, 0.4) is 0 Å². The third-order valence-electron chi connectivity index (χ3n) is 5.33. The molecule has 0 atom stereocenters. The van der Waals surface area contributed by atoms with Crippen LogP contribution < -0.4 is 20.9 Å². The van der Waals surface area contributed by atoms with Crippen molar-refractivity contribution in [1.82, 2.24) is 35.4 Å². The van der Waals surface area contributed by atoms with E-state index in [2.05, 4.69) is 36.0 Å². The molecule has 0 saturated carbocycles. The summed E-state index contributed by atoms with van der Waals surface area (Å²) in [5.74, 6) is 0.780. The summed E-state index contributed by atoms with van der Waals surface area (Å²) in [6.07, 6.45) is 4.83. The smallest absolute Gasteiger partial charge is 0.251 e. The largest absolute Gasteiger partial charge is 0.355 e. The lowest BCUT2D eigenvalue weighted by atomic mass is 9.99. The first-order valence-electron chi connectivity index (χ1n) is 10.9. The van der Waals surface area contributed by atoms with Crippen LogP contribution in [0, 0.1) is 5.92 Å². The van der Waals surface area contributed by atoms with E-state index in [1.165, 1.54) is 12.7 Å². The molecule has 3 amide bonds. The van der Waals surface area contributed by atoms with Gasteiger partial charge in [0.05, 0.1) is 5.92 Å². The van der Waals surface area contributed by atoms with Gasteiger partial charge in [-0.1, -0.05) is 6.92 Å². The van der Waals surface area contributed by atoms with Crippen molar-refractivity contribution in [2.75, 3.05) is 36.4 Å². The normalized spacial score (nSPS) is 13.1. The van der Waals surface area contributed by atoms with Gasteiger partial charge >= 0.3 is 0 Å². The molecule has 0 unspecified atom stereocenters. The molecule has 4 rings (SSSR count). The Morgan fingerprint density at radius 2 is 1.74 bits per heavy atom. The van der Waals surface area contributed by atoms with E-state index in [4.69, 9.17) is 0 Å². The van der Waals surface area contributed by atoms with E-state index in [-0.39, 0.29) is 23.6 Å². The van der Waals surface area contributed by atoms with E-state index in [1.807, 2.05) is 4.90 Å². The number of aromatic nitrogens is 5. The zero-order chi connectivity index (χ0) is 23.9. The first kappa shape index (κ1) is 22.8. The van der Waals surface area contributed by atoms with E-state index >= 15 is 0 Å². The summed E-state index contributed by atoms with van der Waals surface area (Å²) in [6.45, 7) is 3.50. The molecule has 12 nitrogen and oxygen atoms in total. The van der Waals surface area contributed by atoms with Crippen molar-refractivity contribution in [1.29, 1.82) is 0 Å². The number of carbonyl (C=O) groups is 3. The molecule has 1 aliphatic rings. The third-order valence-corrected chi connectivity index (χ3v) is 5.33. The first-order chi connectivity index (χ1) is 16.5. The second-order valence-electron chi connectivity index (χ2n) is 7.70. The number of hydrogen-bond acceptors (Lipinski definition) is 8. The summed E-state index contributed by atoms with van der Waals surface area (Å²) in [5, 5.41) is 12.4. The van der Waals surface area contributed by atoms with Gasteiger partial charge in [0.15, 0.2) is 5.82 Å².